The van der Waals surface area contributed by atoms with Gasteiger partial charge in [-0.2, -0.15) is 5.10 Å². The number of aromatic carboxylic acids is 1. The SMILES string of the molecule is O=C(NN=Cc1ccc(-c2ccc(Cl)c(C(=O)O)c2)o1)c1ccc([N+](=O)[O-])cn1. The first-order valence-electron chi connectivity index (χ1n) is 7.92. The smallest absolute Gasteiger partial charge is 0.337 e. The Labute approximate surface area is 167 Å². The van der Waals surface area contributed by atoms with Crippen LogP contribution in [0.15, 0.2) is 58.2 Å². The highest BCUT2D eigenvalue weighted by atomic mass is 35.5. The number of furan rings is 1. The Bertz CT molecular complexity index is 1120. The average molecular weight is 415 g/mol. The molecule has 0 saturated carbocycles. The molecule has 0 aliphatic rings. The van der Waals surface area contributed by atoms with Crippen molar-refractivity contribution in [2.75, 3.05) is 0 Å². The Morgan fingerprint density at radius 2 is 2.03 bits per heavy atom. The largest absolute Gasteiger partial charge is 0.478 e. The first-order valence-corrected chi connectivity index (χ1v) is 8.30. The molecule has 2 N–H and O–H groups in total. The third kappa shape index (κ3) is 4.62. The summed E-state index contributed by atoms with van der Waals surface area (Å²) in [7, 11) is 0. The topological polar surface area (TPSA) is 148 Å². The minimum atomic E-state index is -1.16. The second-order valence-corrected chi connectivity index (χ2v) is 5.97. The van der Waals surface area contributed by atoms with Crippen LogP contribution >= 0.6 is 11.6 Å². The van der Waals surface area contributed by atoms with Crippen LogP contribution in [-0.4, -0.2) is 33.1 Å². The van der Waals surface area contributed by atoms with Crippen molar-refractivity contribution in [1.29, 1.82) is 0 Å². The van der Waals surface area contributed by atoms with Crippen LogP contribution in [0, 0.1) is 10.1 Å². The molecule has 0 spiro atoms. The summed E-state index contributed by atoms with van der Waals surface area (Å²) in [5, 5.41) is 23.6. The molecule has 0 saturated heterocycles. The van der Waals surface area contributed by atoms with Crippen LogP contribution in [0.4, 0.5) is 5.69 Å². The zero-order valence-electron chi connectivity index (χ0n) is 14.4. The number of pyridine rings is 1. The molecule has 0 radical (unpaired) electrons. The van der Waals surface area contributed by atoms with E-state index in [1.54, 1.807) is 18.2 Å². The van der Waals surface area contributed by atoms with Gasteiger partial charge in [0.05, 0.1) is 21.7 Å². The van der Waals surface area contributed by atoms with E-state index in [2.05, 4.69) is 15.5 Å². The molecule has 29 heavy (non-hydrogen) atoms. The summed E-state index contributed by atoms with van der Waals surface area (Å²) in [6.45, 7) is 0. The summed E-state index contributed by atoms with van der Waals surface area (Å²) in [4.78, 5) is 36.7. The predicted molar refractivity (Wildman–Crippen MR) is 102 cm³/mol. The lowest BCUT2D eigenvalue weighted by Gasteiger charge is -2.02. The predicted octanol–water partition coefficient (Wildman–Crippen LogP) is 3.37. The fraction of sp³-hybridized carbons (Fsp3) is 0. The third-order valence-corrected chi connectivity index (χ3v) is 3.99. The molecule has 2 aromatic heterocycles. The van der Waals surface area contributed by atoms with Gasteiger partial charge in [-0.1, -0.05) is 11.6 Å². The number of nitro groups is 1. The maximum Gasteiger partial charge on any atom is 0.337 e. The number of hydrogen-bond acceptors (Lipinski definition) is 7. The normalized spacial score (nSPS) is 10.8. The molecule has 3 aromatic rings. The molecule has 10 nitrogen and oxygen atoms in total. The van der Waals surface area contributed by atoms with E-state index >= 15 is 0 Å². The Hall–Kier alpha value is -4.05. The molecule has 0 aliphatic heterocycles. The van der Waals surface area contributed by atoms with Gasteiger partial charge in [0.1, 0.15) is 23.4 Å². The Balaban J connectivity index is 1.67. The van der Waals surface area contributed by atoms with E-state index in [0.717, 1.165) is 12.3 Å². The number of hydrazone groups is 1. The van der Waals surface area contributed by atoms with E-state index < -0.39 is 16.8 Å². The van der Waals surface area contributed by atoms with Crippen LogP contribution in [0.5, 0.6) is 0 Å². The van der Waals surface area contributed by atoms with Gasteiger partial charge >= 0.3 is 5.97 Å². The van der Waals surface area contributed by atoms with Gasteiger partial charge in [-0.05, 0) is 36.4 Å². The van der Waals surface area contributed by atoms with Crippen molar-refractivity contribution in [3.05, 3.63) is 80.8 Å². The van der Waals surface area contributed by atoms with Gasteiger partial charge in [0.25, 0.3) is 11.6 Å². The zero-order valence-corrected chi connectivity index (χ0v) is 15.2. The summed E-state index contributed by atoms with van der Waals surface area (Å²) < 4.78 is 5.55. The lowest BCUT2D eigenvalue weighted by molar-refractivity contribution is -0.385. The van der Waals surface area contributed by atoms with Crippen molar-refractivity contribution < 1.29 is 24.0 Å². The fourth-order valence-electron chi connectivity index (χ4n) is 2.26. The number of carbonyl (C=O) groups is 2. The molecule has 0 fully saturated rings. The number of nitrogens with zero attached hydrogens (tertiary/aromatic N) is 3. The van der Waals surface area contributed by atoms with Crippen molar-refractivity contribution in [2.45, 2.75) is 0 Å². The summed E-state index contributed by atoms with van der Waals surface area (Å²) in [6.07, 6.45) is 2.20. The van der Waals surface area contributed by atoms with Crippen LogP contribution in [0.25, 0.3) is 11.3 Å². The van der Waals surface area contributed by atoms with E-state index in [9.17, 15) is 19.7 Å². The van der Waals surface area contributed by atoms with Gasteiger partial charge in [-0.15, -0.1) is 0 Å². The van der Waals surface area contributed by atoms with E-state index in [1.807, 2.05) is 0 Å². The van der Waals surface area contributed by atoms with Gasteiger partial charge in [0.15, 0.2) is 0 Å². The molecule has 3 rings (SSSR count). The number of halogens is 1. The van der Waals surface area contributed by atoms with Crippen molar-refractivity contribution in [3.8, 4) is 11.3 Å². The van der Waals surface area contributed by atoms with Gasteiger partial charge in [0.2, 0.25) is 0 Å². The van der Waals surface area contributed by atoms with E-state index in [4.69, 9.17) is 21.1 Å². The number of rotatable bonds is 6. The molecule has 2 heterocycles. The molecule has 146 valence electrons. The standard InChI is InChI=1S/C18H11ClN4O6/c19-14-4-1-10(7-13(14)18(25)26)16-6-3-12(29-16)9-21-22-17(24)15-5-2-11(8-20-15)23(27)28/h1-9H,(H,22,24)(H,25,26). The maximum absolute atomic E-state index is 11.9. The molecule has 11 heteroatoms. The average Bonchev–Trinajstić information content (AvgIpc) is 3.17. The second-order valence-electron chi connectivity index (χ2n) is 5.56. The van der Waals surface area contributed by atoms with Crippen molar-refractivity contribution in [1.82, 2.24) is 10.4 Å². The highest BCUT2D eigenvalue weighted by Gasteiger charge is 2.13. The highest BCUT2D eigenvalue weighted by molar-refractivity contribution is 6.33. The number of aromatic nitrogens is 1. The maximum atomic E-state index is 11.9. The lowest BCUT2D eigenvalue weighted by Crippen LogP contribution is -2.18. The number of carbonyl (C=O) groups excluding carboxylic acids is 1. The molecule has 1 aromatic carbocycles. The number of benzene rings is 1. The van der Waals surface area contributed by atoms with Crippen molar-refractivity contribution in [2.24, 2.45) is 5.10 Å². The van der Waals surface area contributed by atoms with Crippen LogP contribution in [-0.2, 0) is 0 Å². The molecule has 0 bridgehead atoms. The quantitative estimate of drug-likeness (QED) is 0.357. The minimum Gasteiger partial charge on any atom is -0.478 e. The van der Waals surface area contributed by atoms with Crippen LogP contribution in [0.3, 0.4) is 0 Å². The van der Waals surface area contributed by atoms with Gasteiger partial charge < -0.3 is 9.52 Å². The molecule has 0 unspecified atom stereocenters. The molecule has 1 amide bonds. The number of hydrogen-bond donors (Lipinski definition) is 2. The monoisotopic (exact) mass is 414 g/mol. The number of amides is 1. The van der Waals surface area contributed by atoms with Crippen LogP contribution in [0.1, 0.15) is 26.6 Å². The Kier molecular flexibility index (Phi) is 5.65. The molecular formula is C18H11ClN4O6. The fourth-order valence-corrected chi connectivity index (χ4v) is 2.46. The van der Waals surface area contributed by atoms with Crippen molar-refractivity contribution in [3.63, 3.8) is 0 Å². The van der Waals surface area contributed by atoms with Crippen LogP contribution < -0.4 is 5.43 Å². The highest BCUT2D eigenvalue weighted by Crippen LogP contribution is 2.26. The first-order chi connectivity index (χ1) is 13.8. The summed E-state index contributed by atoms with van der Waals surface area (Å²) in [6, 6.07) is 9.98. The third-order valence-electron chi connectivity index (χ3n) is 3.66. The number of carboxylic acid groups (broad SMARTS) is 1. The van der Waals surface area contributed by atoms with E-state index in [-0.39, 0.29) is 22.0 Å². The lowest BCUT2D eigenvalue weighted by atomic mass is 10.1. The van der Waals surface area contributed by atoms with Crippen molar-refractivity contribution >= 4 is 35.4 Å². The number of nitrogens with one attached hydrogen (secondary N) is 1. The minimum absolute atomic E-state index is 0.0461. The number of carboxylic acids is 1. The second kappa shape index (κ2) is 8.31. The first kappa shape index (κ1) is 19.7. The Morgan fingerprint density at radius 1 is 1.24 bits per heavy atom. The summed E-state index contributed by atoms with van der Waals surface area (Å²) in [5.41, 5.74) is 2.39. The zero-order chi connectivity index (χ0) is 21.0. The van der Waals surface area contributed by atoms with Gasteiger partial charge in [0, 0.05) is 11.6 Å². The van der Waals surface area contributed by atoms with E-state index in [0.29, 0.717) is 17.1 Å². The molecule has 0 atom stereocenters. The summed E-state index contributed by atoms with van der Waals surface area (Å²) >= 11 is 5.85. The van der Waals surface area contributed by atoms with Gasteiger partial charge in [-0.3, -0.25) is 14.9 Å². The van der Waals surface area contributed by atoms with Crippen LogP contribution in [0.2, 0.25) is 5.02 Å². The van der Waals surface area contributed by atoms with E-state index in [1.165, 1.54) is 24.4 Å². The molecular weight excluding hydrogens is 404 g/mol. The Morgan fingerprint density at radius 3 is 2.69 bits per heavy atom. The summed E-state index contributed by atoms with van der Waals surface area (Å²) in [5.74, 6) is -1.14. The molecule has 0 aliphatic carbocycles. The van der Waals surface area contributed by atoms with Gasteiger partial charge in [-0.25, -0.2) is 15.2 Å².